The third-order valence-corrected chi connectivity index (χ3v) is 15.3. The summed E-state index contributed by atoms with van der Waals surface area (Å²) in [4.78, 5) is 26.0. The van der Waals surface area contributed by atoms with Crippen LogP contribution in [0, 0.1) is 0 Å². The first-order chi connectivity index (χ1) is 39.2. The second kappa shape index (κ2) is 29.3. The summed E-state index contributed by atoms with van der Waals surface area (Å²) in [5.41, 5.74) is 0. The third-order valence-electron chi connectivity index (χ3n) is 15.3. The molecule has 7 fully saturated rings. The number of nitrogens with one attached hydrogen (secondary N) is 2. The molecular weight excluding hydrogens is 1140 g/mol. The molecule has 0 aromatic carbocycles. The Balaban J connectivity index is 1.22. The molecular formula is C46H78N2O35. The molecule has 7 saturated heterocycles. The van der Waals surface area contributed by atoms with Crippen LogP contribution in [0.15, 0.2) is 0 Å². The molecule has 22 N–H and O–H groups in total. The molecule has 37 nitrogen and oxygen atoms in total. The number of amides is 2. The van der Waals surface area contributed by atoms with Crippen LogP contribution in [0.25, 0.3) is 0 Å². The number of rotatable bonds is 20. The van der Waals surface area contributed by atoms with Gasteiger partial charge in [-0.3, -0.25) is 9.59 Å². The zero-order valence-electron chi connectivity index (χ0n) is 44.5. The van der Waals surface area contributed by atoms with Crippen LogP contribution in [-0.2, 0) is 71.2 Å². The molecule has 0 aromatic heterocycles. The molecule has 0 spiro atoms. The van der Waals surface area contributed by atoms with Gasteiger partial charge < -0.3 is 174 Å². The summed E-state index contributed by atoms with van der Waals surface area (Å²) in [6.07, 6.45) is -64.6. The molecule has 0 saturated carbocycles. The molecule has 7 heterocycles. The van der Waals surface area contributed by atoms with Crippen molar-refractivity contribution in [1.29, 1.82) is 0 Å². The monoisotopic (exact) mass is 1220 g/mol. The fourth-order valence-corrected chi connectivity index (χ4v) is 10.7. The normalized spacial score (nSPS) is 50.8. The van der Waals surface area contributed by atoms with Crippen molar-refractivity contribution >= 4 is 11.8 Å². The van der Waals surface area contributed by atoms with E-state index in [1.807, 2.05) is 0 Å². The Morgan fingerprint density at radius 1 is 0.313 bits per heavy atom. The molecule has 7 aliphatic heterocycles. The van der Waals surface area contributed by atoms with Gasteiger partial charge in [0.15, 0.2) is 44.0 Å². The Bertz CT molecular complexity index is 2040. The van der Waals surface area contributed by atoms with Gasteiger partial charge in [0, 0.05) is 13.8 Å². The van der Waals surface area contributed by atoms with Crippen molar-refractivity contribution in [2.75, 3.05) is 39.6 Å². The van der Waals surface area contributed by atoms with E-state index in [0.29, 0.717) is 0 Å². The summed E-state index contributed by atoms with van der Waals surface area (Å²) < 4.78 is 75.9. The van der Waals surface area contributed by atoms with Crippen LogP contribution in [0.2, 0.25) is 0 Å². The Morgan fingerprint density at radius 3 is 1.10 bits per heavy atom. The minimum atomic E-state index is -2.34. The summed E-state index contributed by atoms with van der Waals surface area (Å²) in [5.74, 6) is -1.81. The molecule has 37 heteroatoms. The molecule has 0 radical (unpaired) electrons. The van der Waals surface area contributed by atoms with Gasteiger partial charge in [0.2, 0.25) is 11.8 Å². The van der Waals surface area contributed by atoms with Crippen LogP contribution in [0.3, 0.4) is 0 Å². The van der Waals surface area contributed by atoms with Gasteiger partial charge in [0.1, 0.15) is 165 Å². The maximum atomic E-state index is 13.2. The van der Waals surface area contributed by atoms with E-state index < -0.39 is 266 Å². The number of aliphatic hydroxyl groups excluding tert-OH is 20. The van der Waals surface area contributed by atoms with Gasteiger partial charge in [-0.15, -0.1) is 0 Å². The largest absolute Gasteiger partial charge is 0.394 e. The van der Waals surface area contributed by atoms with E-state index in [4.69, 9.17) is 61.6 Å². The van der Waals surface area contributed by atoms with E-state index in [2.05, 4.69) is 10.6 Å². The van der Waals surface area contributed by atoms with E-state index in [9.17, 15) is 112 Å². The number of carbonyl (C=O) groups is 2. The lowest BCUT2D eigenvalue weighted by Crippen LogP contribution is -2.72. The highest BCUT2D eigenvalue weighted by Crippen LogP contribution is 2.39. The smallest absolute Gasteiger partial charge is 0.217 e. The van der Waals surface area contributed by atoms with E-state index in [1.165, 1.54) is 6.92 Å². The predicted molar refractivity (Wildman–Crippen MR) is 254 cm³/mol. The first-order valence-electron chi connectivity index (χ1n) is 26.5. The first-order valence-corrected chi connectivity index (χ1v) is 26.5. The molecule has 0 bridgehead atoms. The molecule has 7 aliphatic rings. The summed E-state index contributed by atoms with van der Waals surface area (Å²) >= 11 is 0. The standard InChI is InChI=1S/C46H78N2O35/c1-10-21(57)26(62)30(66)43(71-10)81-37-20(48-12(3)56)42(83-38-24(60)15(6-51)75-45(32(38)68)78-34-17(8-53)72-40(70)29(65)28(34)64)77-18(9-54)35(37)79-46-33(69)39(25(61)16(7-52)76-46)82-41-19(47-11(2)55)36(23(59)14(5-50)73-41)80-44-31(67)27(63)22(58)13(4-49)74-44/h10,13-46,49-54,57-70H,4-9H2,1-3H3,(H,47,55)(H,48,56)/t10-,13+,14+,15+,16+,17+,18+,19+,20+,21+,22-,23+,24-,25-,26+,27-,28+,29+,30-,31+,32+,33+,34+,35+,36+,37+,38-,39-,40+,41-,42-,43-,44-,45-,46-/m0/s1. The molecule has 0 aliphatic carbocycles. The van der Waals surface area contributed by atoms with Crippen LogP contribution in [-0.4, -0.2) is 368 Å². The maximum Gasteiger partial charge on any atom is 0.217 e. The average Bonchev–Trinajstić information content (AvgIpc) is 3.48. The molecule has 482 valence electrons. The lowest BCUT2D eigenvalue weighted by Gasteiger charge is -2.52. The van der Waals surface area contributed by atoms with Crippen molar-refractivity contribution in [1.82, 2.24) is 10.6 Å². The highest BCUT2D eigenvalue weighted by molar-refractivity contribution is 5.73. The van der Waals surface area contributed by atoms with Crippen molar-refractivity contribution in [3.8, 4) is 0 Å². The average molecular weight is 1220 g/mol. The van der Waals surface area contributed by atoms with Gasteiger partial charge in [-0.25, -0.2) is 0 Å². The fourth-order valence-electron chi connectivity index (χ4n) is 10.7. The van der Waals surface area contributed by atoms with E-state index in [0.717, 1.165) is 13.8 Å². The molecule has 2 amide bonds. The van der Waals surface area contributed by atoms with Crippen molar-refractivity contribution in [2.45, 2.75) is 236 Å². The van der Waals surface area contributed by atoms with E-state index in [-0.39, 0.29) is 0 Å². The summed E-state index contributed by atoms with van der Waals surface area (Å²) in [5, 5.41) is 221. The van der Waals surface area contributed by atoms with Crippen molar-refractivity contribution in [3.05, 3.63) is 0 Å². The number of aliphatic hydroxyl groups is 20. The van der Waals surface area contributed by atoms with Gasteiger partial charge in [0.05, 0.1) is 45.7 Å². The summed E-state index contributed by atoms with van der Waals surface area (Å²) in [6, 6.07) is -3.71. The van der Waals surface area contributed by atoms with Crippen LogP contribution >= 0.6 is 0 Å². The minimum absolute atomic E-state index is 0.875. The van der Waals surface area contributed by atoms with E-state index >= 15 is 0 Å². The highest BCUT2D eigenvalue weighted by atomic mass is 16.8. The summed E-state index contributed by atoms with van der Waals surface area (Å²) in [6.45, 7) is -2.97. The van der Waals surface area contributed by atoms with Crippen LogP contribution in [0.5, 0.6) is 0 Å². The van der Waals surface area contributed by atoms with E-state index in [1.54, 1.807) is 0 Å². The van der Waals surface area contributed by atoms with Crippen LogP contribution < -0.4 is 10.6 Å². The zero-order valence-corrected chi connectivity index (χ0v) is 44.5. The van der Waals surface area contributed by atoms with Crippen molar-refractivity contribution in [3.63, 3.8) is 0 Å². The molecule has 7 rings (SSSR count). The number of ether oxygens (including phenoxy) is 13. The Morgan fingerprint density at radius 2 is 0.639 bits per heavy atom. The van der Waals surface area contributed by atoms with Crippen molar-refractivity contribution in [2.24, 2.45) is 0 Å². The van der Waals surface area contributed by atoms with Gasteiger partial charge in [-0.2, -0.15) is 0 Å². The third kappa shape index (κ3) is 14.5. The number of hydrogen-bond donors (Lipinski definition) is 22. The lowest BCUT2D eigenvalue weighted by atomic mass is 9.93. The topological polar surface area (TPSA) is 583 Å². The number of hydrogen-bond acceptors (Lipinski definition) is 35. The SMILES string of the molecule is CC(=O)N[C@H]1[C@H](O[C@H]2[C@@H](O)[C@@H](CO)O[C@@H](O[C@H]3[C@H](O)[C@@H](O)[C@H](O)O[C@@H]3CO)[C@@H]2O)O[C@H](CO)[C@@H](O[C@@H]2O[C@H](CO)[C@H](O)[C@H](O[C@@H]3O[C@H](CO)[C@@H](O)[C@H](O[C@@H]4O[C@H](CO)[C@H](O)[C@H](O)[C@H]4O)[C@H]3NC(C)=O)[C@H]2O)[C@@H]1O[C@@H]1O[C@@H](C)[C@@H](O)[C@@H](O)[C@@H]1O. The molecule has 0 unspecified atom stereocenters. The Labute approximate surface area is 470 Å². The minimum Gasteiger partial charge on any atom is -0.394 e. The van der Waals surface area contributed by atoms with Gasteiger partial charge >= 0.3 is 0 Å². The maximum absolute atomic E-state index is 13.2. The molecule has 0 aromatic rings. The summed E-state index contributed by atoms with van der Waals surface area (Å²) in [7, 11) is 0. The highest BCUT2D eigenvalue weighted by Gasteiger charge is 2.60. The fraction of sp³-hybridized carbons (Fsp3) is 0.957. The first kappa shape index (κ1) is 68.1. The zero-order chi connectivity index (χ0) is 61.2. The Kier molecular flexibility index (Phi) is 24.0. The van der Waals surface area contributed by atoms with Gasteiger partial charge in [0.25, 0.3) is 0 Å². The Hall–Kier alpha value is -2.38. The quantitative estimate of drug-likeness (QED) is 0.0538. The second-order valence-corrected chi connectivity index (χ2v) is 21.0. The second-order valence-electron chi connectivity index (χ2n) is 21.0. The molecule has 83 heavy (non-hydrogen) atoms. The lowest BCUT2D eigenvalue weighted by molar-refractivity contribution is -0.396. The van der Waals surface area contributed by atoms with Gasteiger partial charge in [-0.1, -0.05) is 0 Å². The van der Waals surface area contributed by atoms with Crippen molar-refractivity contribution < 1.29 is 173 Å². The van der Waals surface area contributed by atoms with Crippen LogP contribution in [0.1, 0.15) is 20.8 Å². The predicted octanol–water partition coefficient (Wildman–Crippen LogP) is -15.0. The molecule has 35 atom stereocenters. The number of carbonyl (C=O) groups excluding carboxylic acids is 2. The van der Waals surface area contributed by atoms with Gasteiger partial charge in [-0.05, 0) is 6.92 Å². The van der Waals surface area contributed by atoms with Crippen LogP contribution in [0.4, 0.5) is 0 Å².